The van der Waals surface area contributed by atoms with E-state index in [0.29, 0.717) is 30.9 Å². The van der Waals surface area contributed by atoms with Crippen molar-refractivity contribution in [2.75, 3.05) is 26.6 Å². The lowest BCUT2D eigenvalue weighted by Gasteiger charge is -2.36. The molecule has 0 aromatic heterocycles. The number of aliphatic hydroxyl groups is 1. The zero-order valence-electron chi connectivity index (χ0n) is 16.0. The number of aliphatic hydroxyl groups excluding tert-OH is 1. The Hall–Kier alpha value is -2.51. The van der Waals surface area contributed by atoms with Crippen LogP contribution in [-0.2, 0) is 19.0 Å². The summed E-state index contributed by atoms with van der Waals surface area (Å²) in [5.41, 5.74) is 0.953. The van der Waals surface area contributed by atoms with Gasteiger partial charge in [-0.25, -0.2) is 4.79 Å². The second kappa shape index (κ2) is 9.61. The maximum atomic E-state index is 12.4. The van der Waals surface area contributed by atoms with Crippen LogP contribution in [0.1, 0.15) is 31.2 Å². The molecule has 0 spiro atoms. The Bertz CT molecular complexity index is 727. The Balaban J connectivity index is 1.95. The summed E-state index contributed by atoms with van der Waals surface area (Å²) in [7, 11) is 0. The zero-order chi connectivity index (χ0) is 19.9. The maximum absolute atomic E-state index is 12.4. The number of esters is 1. The minimum Gasteiger partial charge on any atom is -0.457 e. The molecule has 1 N–H and O–H groups in total. The van der Waals surface area contributed by atoms with E-state index in [0.717, 1.165) is 5.56 Å². The Morgan fingerprint density at radius 3 is 2.93 bits per heavy atom. The molecule has 152 valence electrons. The van der Waals surface area contributed by atoms with Crippen LogP contribution in [0, 0.1) is 5.92 Å². The minimum absolute atomic E-state index is 0.0706. The molecule has 0 unspecified atom stereocenters. The van der Waals surface area contributed by atoms with Gasteiger partial charge in [-0.3, -0.25) is 0 Å². The first kappa shape index (κ1) is 20.2. The highest BCUT2D eigenvalue weighted by Crippen LogP contribution is 2.42. The summed E-state index contributed by atoms with van der Waals surface area (Å²) in [6.07, 6.45) is 3.92. The van der Waals surface area contributed by atoms with Crippen LogP contribution in [0.15, 0.2) is 42.7 Å². The number of carbonyl (C=O) groups is 1. The van der Waals surface area contributed by atoms with Crippen LogP contribution in [-0.4, -0.2) is 44.0 Å². The second-order valence-corrected chi connectivity index (χ2v) is 6.53. The number of ether oxygens (including phenoxy) is 5. The third-order valence-corrected chi connectivity index (χ3v) is 4.73. The topological polar surface area (TPSA) is 83.5 Å². The normalized spacial score (nSPS) is 22.9. The number of hydrogen-bond acceptors (Lipinski definition) is 7. The summed E-state index contributed by atoms with van der Waals surface area (Å²) in [5, 5.41) is 9.32. The highest BCUT2D eigenvalue weighted by molar-refractivity contribution is 5.86. The second-order valence-electron chi connectivity index (χ2n) is 6.53. The van der Waals surface area contributed by atoms with E-state index in [9.17, 15) is 9.90 Å². The van der Waals surface area contributed by atoms with E-state index in [1.165, 1.54) is 6.08 Å². The first-order valence-corrected chi connectivity index (χ1v) is 9.46. The maximum Gasteiger partial charge on any atom is 0.373 e. The third kappa shape index (κ3) is 4.48. The SMILES string of the molecule is C=CCOC(=O)C1=C[C@@H](c2ccc3c(c2)OCO3)[C@H](CCCO)[C@@H](OCC)O1. The molecule has 28 heavy (non-hydrogen) atoms. The number of hydrogen-bond donors (Lipinski definition) is 1. The molecular formula is C21H26O7. The molecular weight excluding hydrogens is 364 g/mol. The van der Waals surface area contributed by atoms with Gasteiger partial charge in [-0.15, -0.1) is 0 Å². The zero-order valence-corrected chi connectivity index (χ0v) is 16.0. The fraction of sp³-hybridized carbons (Fsp3) is 0.476. The van der Waals surface area contributed by atoms with Gasteiger partial charge in [0.1, 0.15) is 6.61 Å². The predicted molar refractivity (Wildman–Crippen MR) is 101 cm³/mol. The van der Waals surface area contributed by atoms with E-state index in [2.05, 4.69) is 6.58 Å². The van der Waals surface area contributed by atoms with Crippen LogP contribution < -0.4 is 9.47 Å². The van der Waals surface area contributed by atoms with E-state index in [1.54, 1.807) is 6.08 Å². The molecule has 7 heteroatoms. The third-order valence-electron chi connectivity index (χ3n) is 4.73. The van der Waals surface area contributed by atoms with Crippen LogP contribution in [0.25, 0.3) is 0 Å². The standard InChI is InChI=1S/C21H26O7/c1-3-10-25-20(23)19-12-16(14-7-8-17-18(11-14)27-13-26-17)15(6-5-9-22)21(28-19)24-4-2/h3,7-8,11-12,15-16,21-22H,1,4-6,9-10,13H2,2H3/t15-,16-,21-/m0/s1. The van der Waals surface area contributed by atoms with Crippen molar-refractivity contribution in [1.29, 1.82) is 0 Å². The van der Waals surface area contributed by atoms with Gasteiger partial charge >= 0.3 is 5.97 Å². The van der Waals surface area contributed by atoms with Crippen molar-refractivity contribution in [2.45, 2.75) is 32.0 Å². The first-order valence-electron chi connectivity index (χ1n) is 9.46. The first-order chi connectivity index (χ1) is 13.7. The molecule has 7 nitrogen and oxygen atoms in total. The smallest absolute Gasteiger partial charge is 0.373 e. The molecule has 1 aromatic rings. The quantitative estimate of drug-likeness (QED) is 0.513. The van der Waals surface area contributed by atoms with Crippen LogP contribution in [0.3, 0.4) is 0 Å². The van der Waals surface area contributed by atoms with Crippen molar-refractivity contribution in [3.8, 4) is 11.5 Å². The number of allylic oxidation sites excluding steroid dienone is 1. The number of carbonyl (C=O) groups excluding carboxylic acids is 1. The van der Waals surface area contributed by atoms with Crippen molar-refractivity contribution >= 4 is 5.97 Å². The lowest BCUT2D eigenvalue weighted by atomic mass is 9.80. The monoisotopic (exact) mass is 390 g/mol. The van der Waals surface area contributed by atoms with Gasteiger partial charge in [0, 0.05) is 25.0 Å². The molecule has 2 aliphatic heterocycles. The Morgan fingerprint density at radius 1 is 1.36 bits per heavy atom. The highest BCUT2D eigenvalue weighted by atomic mass is 16.7. The van der Waals surface area contributed by atoms with Gasteiger partial charge < -0.3 is 28.8 Å². The van der Waals surface area contributed by atoms with Crippen molar-refractivity contribution in [3.63, 3.8) is 0 Å². The summed E-state index contributed by atoms with van der Waals surface area (Å²) in [6.45, 7) is 6.22. The average Bonchev–Trinajstić information content (AvgIpc) is 3.18. The molecule has 2 heterocycles. The molecule has 0 bridgehead atoms. The van der Waals surface area contributed by atoms with E-state index in [1.807, 2.05) is 25.1 Å². The predicted octanol–water partition coefficient (Wildman–Crippen LogP) is 2.89. The van der Waals surface area contributed by atoms with Crippen molar-refractivity contribution < 1.29 is 33.6 Å². The molecule has 0 radical (unpaired) electrons. The fourth-order valence-corrected chi connectivity index (χ4v) is 3.46. The number of benzene rings is 1. The Morgan fingerprint density at radius 2 is 2.18 bits per heavy atom. The number of rotatable bonds is 9. The summed E-state index contributed by atoms with van der Waals surface area (Å²) in [5.74, 6) is 0.668. The molecule has 3 rings (SSSR count). The molecule has 0 amide bonds. The molecule has 0 aliphatic carbocycles. The van der Waals surface area contributed by atoms with Gasteiger partial charge in [-0.05, 0) is 43.5 Å². The summed E-state index contributed by atoms with van der Waals surface area (Å²) < 4.78 is 27.7. The Kier molecular flexibility index (Phi) is 6.95. The molecule has 2 aliphatic rings. The molecule has 0 fully saturated rings. The van der Waals surface area contributed by atoms with E-state index >= 15 is 0 Å². The van der Waals surface area contributed by atoms with Gasteiger partial charge in [0.25, 0.3) is 0 Å². The average molecular weight is 390 g/mol. The lowest BCUT2D eigenvalue weighted by Crippen LogP contribution is -2.36. The molecule has 0 saturated heterocycles. The van der Waals surface area contributed by atoms with Gasteiger partial charge in [0.2, 0.25) is 18.8 Å². The minimum atomic E-state index is -0.622. The largest absolute Gasteiger partial charge is 0.457 e. The summed E-state index contributed by atoms with van der Waals surface area (Å²) in [6, 6.07) is 5.72. The highest BCUT2D eigenvalue weighted by Gasteiger charge is 2.38. The van der Waals surface area contributed by atoms with E-state index < -0.39 is 12.3 Å². The fourth-order valence-electron chi connectivity index (χ4n) is 3.46. The molecule has 1 aromatic carbocycles. The van der Waals surface area contributed by atoms with Gasteiger partial charge in [0.15, 0.2) is 11.5 Å². The van der Waals surface area contributed by atoms with Crippen LogP contribution in [0.2, 0.25) is 0 Å². The Labute approximate surface area is 164 Å². The summed E-state index contributed by atoms with van der Waals surface area (Å²) in [4.78, 5) is 12.4. The molecule has 0 saturated carbocycles. The van der Waals surface area contributed by atoms with E-state index in [4.69, 9.17) is 23.7 Å². The van der Waals surface area contributed by atoms with Crippen LogP contribution in [0.5, 0.6) is 11.5 Å². The number of fused-ring (bicyclic) bond motifs is 1. The van der Waals surface area contributed by atoms with Crippen molar-refractivity contribution in [2.24, 2.45) is 5.92 Å². The van der Waals surface area contributed by atoms with Gasteiger partial charge in [-0.1, -0.05) is 18.7 Å². The van der Waals surface area contributed by atoms with Gasteiger partial charge in [0.05, 0.1) is 0 Å². The van der Waals surface area contributed by atoms with Crippen molar-refractivity contribution in [1.82, 2.24) is 0 Å². The van der Waals surface area contributed by atoms with Crippen LogP contribution >= 0.6 is 0 Å². The van der Waals surface area contributed by atoms with Crippen LogP contribution in [0.4, 0.5) is 0 Å². The lowest BCUT2D eigenvalue weighted by molar-refractivity contribution is -0.175. The summed E-state index contributed by atoms with van der Waals surface area (Å²) >= 11 is 0. The molecule has 3 atom stereocenters. The van der Waals surface area contributed by atoms with Crippen molar-refractivity contribution in [3.05, 3.63) is 48.3 Å². The van der Waals surface area contributed by atoms with E-state index in [-0.39, 0.29) is 37.6 Å². The van der Waals surface area contributed by atoms with Gasteiger partial charge in [-0.2, -0.15) is 0 Å².